The van der Waals surface area contributed by atoms with Gasteiger partial charge in [0.05, 0.1) is 25.3 Å². The van der Waals surface area contributed by atoms with E-state index in [0.717, 1.165) is 25.1 Å². The zero-order chi connectivity index (χ0) is 32.8. The van der Waals surface area contributed by atoms with Gasteiger partial charge in [0.1, 0.15) is 23.3 Å². The molecule has 2 aromatic carbocycles. The minimum Gasteiger partial charge on any atom is -0.497 e. The Morgan fingerprint density at radius 3 is 2.28 bits per heavy atom. The van der Waals surface area contributed by atoms with Gasteiger partial charge in [-0.15, -0.1) is 0 Å². The number of rotatable bonds is 9. The van der Waals surface area contributed by atoms with Crippen molar-refractivity contribution in [3.8, 4) is 17.6 Å². The molecule has 10 heteroatoms. The molecule has 240 valence electrons. The van der Waals surface area contributed by atoms with E-state index in [0.29, 0.717) is 60.7 Å². The molecule has 2 amide bonds. The lowest BCUT2D eigenvalue weighted by atomic mass is 9.78. The van der Waals surface area contributed by atoms with Gasteiger partial charge < -0.3 is 19.7 Å². The van der Waals surface area contributed by atoms with Crippen molar-refractivity contribution in [3.05, 3.63) is 88.7 Å². The van der Waals surface area contributed by atoms with Crippen LogP contribution in [0, 0.1) is 22.7 Å². The first kappa shape index (κ1) is 32.6. The van der Waals surface area contributed by atoms with Gasteiger partial charge in [-0.05, 0) is 78.8 Å². The summed E-state index contributed by atoms with van der Waals surface area (Å²) in [5.74, 6) is 0.809. The topological polar surface area (TPSA) is 125 Å². The van der Waals surface area contributed by atoms with E-state index < -0.39 is 0 Å². The average molecular weight is 624 g/mol. The van der Waals surface area contributed by atoms with Crippen molar-refractivity contribution in [3.63, 3.8) is 0 Å². The molecule has 0 bridgehead atoms. The number of carbonyl (C=O) groups is 3. The van der Waals surface area contributed by atoms with Crippen LogP contribution in [0.25, 0.3) is 0 Å². The van der Waals surface area contributed by atoms with Crippen molar-refractivity contribution >= 4 is 17.6 Å². The first-order valence-electron chi connectivity index (χ1n) is 15.7. The zero-order valence-corrected chi connectivity index (χ0v) is 26.9. The molecule has 3 aromatic rings. The maximum Gasteiger partial charge on any atom is 0.272 e. The number of ketones is 1. The highest BCUT2D eigenvalue weighted by Crippen LogP contribution is 2.31. The molecule has 2 aliphatic rings. The summed E-state index contributed by atoms with van der Waals surface area (Å²) >= 11 is 0. The second-order valence-electron chi connectivity index (χ2n) is 12.8. The number of nitriles is 1. The fourth-order valence-corrected chi connectivity index (χ4v) is 6.46. The van der Waals surface area contributed by atoms with Crippen molar-refractivity contribution in [2.45, 2.75) is 45.7 Å². The third-order valence-corrected chi connectivity index (χ3v) is 9.18. The van der Waals surface area contributed by atoms with Crippen LogP contribution in [0.1, 0.15) is 75.4 Å². The quantitative estimate of drug-likeness (QED) is 0.339. The number of Topliss-reactive ketones (excluding diaryl/α,β-unsaturated/α-hetero) is 1. The molecule has 2 aliphatic heterocycles. The van der Waals surface area contributed by atoms with Gasteiger partial charge in [-0.25, -0.2) is 0 Å². The number of pyridine rings is 1. The van der Waals surface area contributed by atoms with Crippen LogP contribution >= 0.6 is 0 Å². The van der Waals surface area contributed by atoms with E-state index in [4.69, 9.17) is 9.47 Å². The number of nitrogens with one attached hydrogen (secondary N) is 1. The van der Waals surface area contributed by atoms with Crippen LogP contribution in [-0.4, -0.2) is 78.8 Å². The molecule has 1 atom stereocenters. The predicted octanol–water partition coefficient (Wildman–Crippen LogP) is 4.74. The number of ether oxygens (including phenoxy) is 2. The first-order chi connectivity index (χ1) is 22.1. The summed E-state index contributed by atoms with van der Waals surface area (Å²) in [6.45, 7) is 7.52. The van der Waals surface area contributed by atoms with Gasteiger partial charge in [0.25, 0.3) is 11.8 Å². The molecule has 0 saturated carbocycles. The Labute approximate surface area is 270 Å². The van der Waals surface area contributed by atoms with E-state index in [1.54, 1.807) is 55.5 Å². The van der Waals surface area contributed by atoms with E-state index >= 15 is 0 Å². The largest absolute Gasteiger partial charge is 0.497 e. The normalized spacial score (nSPS) is 18.3. The van der Waals surface area contributed by atoms with Gasteiger partial charge in [0.15, 0.2) is 5.78 Å². The van der Waals surface area contributed by atoms with Crippen molar-refractivity contribution in [1.82, 2.24) is 20.1 Å². The van der Waals surface area contributed by atoms with Crippen LogP contribution in [0.2, 0.25) is 0 Å². The summed E-state index contributed by atoms with van der Waals surface area (Å²) in [6, 6.07) is 18.2. The Bertz CT molecular complexity index is 1610. The Morgan fingerprint density at radius 2 is 1.67 bits per heavy atom. The second kappa shape index (κ2) is 14.1. The van der Waals surface area contributed by atoms with E-state index in [-0.39, 0.29) is 40.7 Å². The van der Waals surface area contributed by atoms with Gasteiger partial charge in [0, 0.05) is 56.4 Å². The number of aromatic nitrogens is 1. The molecule has 10 nitrogen and oxygen atoms in total. The Hall–Kier alpha value is -4.75. The third kappa shape index (κ3) is 7.37. The van der Waals surface area contributed by atoms with Gasteiger partial charge in [0.2, 0.25) is 0 Å². The van der Waals surface area contributed by atoms with E-state index in [1.807, 2.05) is 18.2 Å². The van der Waals surface area contributed by atoms with E-state index in [2.05, 4.69) is 35.1 Å². The molecule has 0 spiro atoms. The number of likely N-dealkylation sites (tertiary alicyclic amines) is 2. The molecule has 2 fully saturated rings. The average Bonchev–Trinajstić information content (AvgIpc) is 3.08. The summed E-state index contributed by atoms with van der Waals surface area (Å²) in [5.41, 5.74) is 2.71. The fraction of sp³-hybridized carbons (Fsp3) is 0.417. The monoisotopic (exact) mass is 623 g/mol. The van der Waals surface area contributed by atoms with Crippen molar-refractivity contribution < 1.29 is 23.9 Å². The van der Waals surface area contributed by atoms with E-state index in [9.17, 15) is 19.6 Å². The van der Waals surface area contributed by atoms with Crippen LogP contribution in [0.5, 0.6) is 11.5 Å². The minimum atomic E-state index is -0.218. The van der Waals surface area contributed by atoms with Gasteiger partial charge in [-0.1, -0.05) is 19.9 Å². The molecule has 46 heavy (non-hydrogen) atoms. The lowest BCUT2D eigenvalue weighted by molar-refractivity contribution is 0.0615. The highest BCUT2D eigenvalue weighted by molar-refractivity contribution is 5.99. The number of carbonyl (C=O) groups excluding carboxylic acids is 3. The highest BCUT2D eigenvalue weighted by atomic mass is 16.5. The summed E-state index contributed by atoms with van der Waals surface area (Å²) in [6.07, 6.45) is 3.42. The standard InChI is InChI=1S/C36H41N5O5/c1-36(2)23-40(22-24-5-12-31(46-4)28(19-24)20-37)16-15-32(36)39-34(43)27-8-11-30(38-21-27)35(44)41-17-13-26(14-18-41)33(42)25-6-9-29(45-3)10-7-25/h5-12,19,21,26,32H,13-18,22-23H2,1-4H3,(H,39,43). The van der Waals surface area contributed by atoms with Gasteiger partial charge in [-0.3, -0.25) is 24.3 Å². The molecule has 0 aliphatic carbocycles. The molecule has 5 rings (SSSR count). The Kier molecular flexibility index (Phi) is 10.0. The number of amides is 2. The molecule has 1 N–H and O–H groups in total. The van der Waals surface area contributed by atoms with Crippen LogP contribution in [0.15, 0.2) is 60.8 Å². The number of nitrogens with zero attached hydrogens (tertiary/aromatic N) is 4. The lowest BCUT2D eigenvalue weighted by Crippen LogP contribution is -2.55. The van der Waals surface area contributed by atoms with E-state index in [1.165, 1.54) is 6.20 Å². The third-order valence-electron chi connectivity index (χ3n) is 9.18. The maximum atomic E-state index is 13.2. The second-order valence-corrected chi connectivity index (χ2v) is 12.8. The Balaban J connectivity index is 1.12. The van der Waals surface area contributed by atoms with Gasteiger partial charge in [-0.2, -0.15) is 5.26 Å². The summed E-state index contributed by atoms with van der Waals surface area (Å²) < 4.78 is 10.4. The predicted molar refractivity (Wildman–Crippen MR) is 173 cm³/mol. The molecule has 0 radical (unpaired) electrons. The van der Waals surface area contributed by atoms with Crippen LogP contribution < -0.4 is 14.8 Å². The number of methoxy groups -OCH3 is 2. The molecular formula is C36H41N5O5. The Morgan fingerprint density at radius 1 is 0.957 bits per heavy atom. The molecular weight excluding hydrogens is 582 g/mol. The van der Waals surface area contributed by atoms with Crippen LogP contribution in [0.4, 0.5) is 0 Å². The highest BCUT2D eigenvalue weighted by Gasteiger charge is 2.37. The van der Waals surface area contributed by atoms with Crippen molar-refractivity contribution in [2.75, 3.05) is 40.4 Å². The lowest BCUT2D eigenvalue weighted by Gasteiger charge is -2.44. The summed E-state index contributed by atoms with van der Waals surface area (Å²) in [4.78, 5) is 47.7. The van der Waals surface area contributed by atoms with Crippen molar-refractivity contribution in [1.29, 1.82) is 5.26 Å². The number of benzene rings is 2. The fourth-order valence-electron chi connectivity index (χ4n) is 6.46. The van der Waals surface area contributed by atoms with Crippen LogP contribution in [-0.2, 0) is 6.54 Å². The molecule has 3 heterocycles. The zero-order valence-electron chi connectivity index (χ0n) is 26.9. The number of hydrogen-bond acceptors (Lipinski definition) is 8. The van der Waals surface area contributed by atoms with Gasteiger partial charge >= 0.3 is 0 Å². The number of hydrogen-bond donors (Lipinski definition) is 1. The maximum absolute atomic E-state index is 13.2. The SMILES string of the molecule is COc1ccc(C(=O)C2CCN(C(=O)c3ccc(C(=O)NC4CCN(Cc5ccc(OC)c(C#N)c5)CC4(C)C)cn3)CC2)cc1. The smallest absolute Gasteiger partial charge is 0.272 e. The molecule has 2 saturated heterocycles. The molecule has 1 unspecified atom stereocenters. The summed E-state index contributed by atoms with van der Waals surface area (Å²) in [5, 5.41) is 12.6. The summed E-state index contributed by atoms with van der Waals surface area (Å²) in [7, 11) is 3.15. The number of piperidine rings is 2. The van der Waals surface area contributed by atoms with Crippen molar-refractivity contribution in [2.24, 2.45) is 11.3 Å². The van der Waals surface area contributed by atoms with Crippen LogP contribution in [0.3, 0.4) is 0 Å². The minimum absolute atomic E-state index is 0.0370. The first-order valence-corrected chi connectivity index (χ1v) is 15.7. The molecule has 1 aromatic heterocycles.